The summed E-state index contributed by atoms with van der Waals surface area (Å²) >= 11 is 0. The van der Waals surface area contributed by atoms with Crippen LogP contribution in [0.15, 0.2) is 182 Å². The van der Waals surface area contributed by atoms with E-state index in [-0.39, 0.29) is 33.4 Å². The second-order valence-corrected chi connectivity index (χ2v) is 15.6. The van der Waals surface area contributed by atoms with Gasteiger partial charge in [0.1, 0.15) is 31.5 Å². The number of esters is 6. The Bertz CT molecular complexity index is 2670. The molecule has 9 atom stereocenters. The molecular weight excluding hydrogens is 893 g/mol. The van der Waals surface area contributed by atoms with Crippen molar-refractivity contribution in [3.63, 3.8) is 0 Å². The minimum Gasteiger partial charge on any atom is -0.459 e. The monoisotopic (exact) mass is 936 g/mol. The van der Waals surface area contributed by atoms with E-state index in [9.17, 15) is 33.9 Å². The third-order valence-corrected chi connectivity index (χ3v) is 11.0. The van der Waals surface area contributed by atoms with E-state index in [0.29, 0.717) is 0 Å². The maximum Gasteiger partial charge on any atom is 0.338 e. The number of carbonyl (C=O) groups is 6. The van der Waals surface area contributed by atoms with Crippen LogP contribution >= 0.6 is 0 Å². The lowest BCUT2D eigenvalue weighted by Gasteiger charge is -2.44. The normalized spacial score (nSPS) is 22.8. The van der Waals surface area contributed by atoms with Gasteiger partial charge in [-0.1, -0.05) is 109 Å². The maximum atomic E-state index is 14.0. The number of carbonyl (C=O) groups excluding carboxylic acids is 6. The van der Waals surface area contributed by atoms with Gasteiger partial charge in [0.25, 0.3) is 0 Å². The summed E-state index contributed by atoms with van der Waals surface area (Å²) in [5, 5.41) is 11.8. The van der Waals surface area contributed by atoms with Crippen molar-refractivity contribution in [2.45, 2.75) is 55.3 Å². The highest BCUT2D eigenvalue weighted by Gasteiger charge is 2.57. The van der Waals surface area contributed by atoms with E-state index < -0.39 is 104 Å². The van der Waals surface area contributed by atoms with E-state index in [1.807, 2.05) is 0 Å². The van der Waals surface area contributed by atoms with Crippen LogP contribution in [0.2, 0.25) is 0 Å². The minimum absolute atomic E-state index is 0.0557. The smallest absolute Gasteiger partial charge is 0.338 e. The minimum atomic E-state index is -2.06. The summed E-state index contributed by atoms with van der Waals surface area (Å²) < 4.78 is 54.5. The van der Waals surface area contributed by atoms with Crippen LogP contribution < -0.4 is 0 Å². The average Bonchev–Trinajstić information content (AvgIpc) is 3.71. The van der Waals surface area contributed by atoms with E-state index in [4.69, 9.17) is 42.6 Å². The second kappa shape index (κ2) is 22.6. The van der Waals surface area contributed by atoms with Crippen molar-refractivity contribution in [1.82, 2.24) is 0 Å². The number of ether oxygens (including phenoxy) is 9. The van der Waals surface area contributed by atoms with Gasteiger partial charge in [-0.3, -0.25) is 0 Å². The fourth-order valence-corrected chi connectivity index (χ4v) is 7.50. The summed E-state index contributed by atoms with van der Waals surface area (Å²) in [6, 6.07) is 47.3. The molecule has 0 spiro atoms. The summed E-state index contributed by atoms with van der Waals surface area (Å²) in [4.78, 5) is 82.3. The lowest BCUT2D eigenvalue weighted by molar-refractivity contribution is -0.319. The van der Waals surface area contributed by atoms with Gasteiger partial charge in [0.05, 0.1) is 33.4 Å². The zero-order valence-electron chi connectivity index (χ0n) is 36.5. The zero-order chi connectivity index (χ0) is 48.1. The van der Waals surface area contributed by atoms with Crippen molar-refractivity contribution < 1.29 is 76.5 Å². The molecule has 2 aliphatic heterocycles. The Kier molecular flexibility index (Phi) is 15.6. The number of rotatable bonds is 16. The molecule has 0 amide bonds. The van der Waals surface area contributed by atoms with E-state index in [1.165, 1.54) is 72.8 Å². The zero-order valence-corrected chi connectivity index (χ0v) is 36.5. The van der Waals surface area contributed by atoms with E-state index in [1.54, 1.807) is 109 Å². The lowest BCUT2D eigenvalue weighted by Crippen LogP contribution is -2.63. The molecule has 0 saturated carbocycles. The van der Waals surface area contributed by atoms with Crippen LogP contribution in [0, 0.1) is 0 Å². The second-order valence-electron chi connectivity index (χ2n) is 15.6. The number of benzene rings is 6. The lowest BCUT2D eigenvalue weighted by atomic mass is 9.97. The fraction of sp³-hybridized carbons (Fsp3) is 0.208. The van der Waals surface area contributed by atoms with Crippen LogP contribution in [0.25, 0.3) is 0 Å². The van der Waals surface area contributed by atoms with Crippen LogP contribution in [0.1, 0.15) is 62.1 Å². The number of aliphatic hydroxyl groups is 1. The van der Waals surface area contributed by atoms with E-state index in [0.717, 1.165) is 0 Å². The topological polar surface area (TPSA) is 206 Å². The number of hydrogen-bond donors (Lipinski definition) is 1. The molecule has 2 heterocycles. The highest BCUT2D eigenvalue weighted by atomic mass is 16.8. The summed E-state index contributed by atoms with van der Waals surface area (Å²) in [6.07, 6.45) is -15.5. The molecule has 2 saturated heterocycles. The van der Waals surface area contributed by atoms with Crippen LogP contribution in [-0.4, -0.2) is 109 Å². The molecule has 2 fully saturated rings. The van der Waals surface area contributed by atoms with Crippen LogP contribution in [0.5, 0.6) is 0 Å². The Morgan fingerprint density at radius 3 is 0.971 bits per heavy atom. The SMILES string of the molecule is O=C(OC[C@@H]1O[C@@H](O[C@@H]2[C@@H](OC(=O)c3ccccc3)[C@H](O)O[C@H](COC(=O)c3ccccc3)[C@@H]2OC(=O)c2ccccc2)[C@H](OC(=O)c2ccccc2)[C@H]1OC(=O)c1ccccc1)c1ccccc1. The van der Waals surface area contributed by atoms with Crippen molar-refractivity contribution in [3.05, 3.63) is 215 Å². The summed E-state index contributed by atoms with van der Waals surface area (Å²) in [5.41, 5.74) is 0.673. The van der Waals surface area contributed by atoms with Gasteiger partial charge >= 0.3 is 35.8 Å². The average molecular weight is 937 g/mol. The molecule has 6 aromatic carbocycles. The van der Waals surface area contributed by atoms with Gasteiger partial charge in [0.2, 0.25) is 0 Å². The molecule has 0 aliphatic carbocycles. The van der Waals surface area contributed by atoms with Crippen LogP contribution in [0.3, 0.4) is 0 Å². The van der Waals surface area contributed by atoms with Crippen molar-refractivity contribution in [2.24, 2.45) is 0 Å². The third kappa shape index (κ3) is 11.9. The number of aliphatic hydroxyl groups excluding tert-OH is 1. The summed E-state index contributed by atoms with van der Waals surface area (Å²) in [5.74, 6) is -5.25. The van der Waals surface area contributed by atoms with Crippen molar-refractivity contribution >= 4 is 35.8 Å². The van der Waals surface area contributed by atoms with Gasteiger partial charge in [0, 0.05) is 0 Å². The Hall–Kier alpha value is -8.02. The first-order valence-corrected chi connectivity index (χ1v) is 21.8. The van der Waals surface area contributed by atoms with Gasteiger partial charge in [0.15, 0.2) is 37.0 Å². The predicted molar refractivity (Wildman–Crippen MR) is 240 cm³/mol. The van der Waals surface area contributed by atoms with Gasteiger partial charge in [-0.05, 0) is 72.8 Å². The highest BCUT2D eigenvalue weighted by Crippen LogP contribution is 2.36. The predicted octanol–water partition coefficient (Wildman–Crippen LogP) is 6.43. The standard InChI is InChI=1S/C53H44O16/c54-46(33-19-7-1-8-20-33)61-31-39-41(65-48(56)35-23-11-3-12-24-35)43(44(52(60)63-39)67-50(58)37-27-15-5-16-28-37)69-53-45(68-51(59)38-29-17-6-18-30-38)42(66-49(57)36-25-13-4-14-26-36)40(64-53)32-62-47(55)34-21-9-2-10-22-34/h1-30,39-45,52-53,60H,31-32H2/t39-,40+,41+,42+,43+,44-,45-,52-,53+/m1/s1. The summed E-state index contributed by atoms with van der Waals surface area (Å²) in [7, 11) is 0. The largest absolute Gasteiger partial charge is 0.459 e. The van der Waals surface area contributed by atoms with Crippen LogP contribution in [-0.2, 0) is 42.6 Å². The summed E-state index contributed by atoms with van der Waals surface area (Å²) in [6.45, 7) is -1.24. The molecule has 8 rings (SSSR count). The first kappa shape index (κ1) is 47.5. The first-order chi connectivity index (χ1) is 33.6. The molecule has 16 heteroatoms. The van der Waals surface area contributed by atoms with Crippen molar-refractivity contribution in [1.29, 1.82) is 0 Å². The number of hydrogen-bond acceptors (Lipinski definition) is 16. The molecule has 69 heavy (non-hydrogen) atoms. The third-order valence-electron chi connectivity index (χ3n) is 11.0. The van der Waals surface area contributed by atoms with Gasteiger partial charge < -0.3 is 47.7 Å². The van der Waals surface area contributed by atoms with Crippen LogP contribution in [0.4, 0.5) is 0 Å². The highest BCUT2D eigenvalue weighted by molar-refractivity contribution is 5.92. The molecule has 0 bridgehead atoms. The van der Waals surface area contributed by atoms with Gasteiger partial charge in [-0.15, -0.1) is 0 Å². The Morgan fingerprint density at radius 2 is 0.623 bits per heavy atom. The molecule has 352 valence electrons. The molecule has 0 unspecified atom stereocenters. The molecule has 1 N–H and O–H groups in total. The molecule has 16 nitrogen and oxygen atoms in total. The molecule has 0 aromatic heterocycles. The van der Waals surface area contributed by atoms with Gasteiger partial charge in [-0.2, -0.15) is 0 Å². The van der Waals surface area contributed by atoms with Crippen molar-refractivity contribution in [2.75, 3.05) is 13.2 Å². The molecular formula is C53H44O16. The Balaban J connectivity index is 1.20. The van der Waals surface area contributed by atoms with E-state index in [2.05, 4.69) is 0 Å². The maximum absolute atomic E-state index is 14.0. The van der Waals surface area contributed by atoms with Gasteiger partial charge in [-0.25, -0.2) is 28.8 Å². The molecule has 6 aromatic rings. The van der Waals surface area contributed by atoms with E-state index >= 15 is 0 Å². The van der Waals surface area contributed by atoms with Crippen molar-refractivity contribution in [3.8, 4) is 0 Å². The first-order valence-electron chi connectivity index (χ1n) is 21.8. The Labute approximate surface area is 395 Å². The Morgan fingerprint density at radius 1 is 0.348 bits per heavy atom. The quantitative estimate of drug-likeness (QED) is 0.0820. The fourth-order valence-electron chi connectivity index (χ4n) is 7.50. The molecule has 2 aliphatic rings. The molecule has 0 radical (unpaired) electrons.